The first-order valence-corrected chi connectivity index (χ1v) is 9.48. The fourth-order valence-corrected chi connectivity index (χ4v) is 4.53. The van der Waals surface area contributed by atoms with E-state index < -0.39 is 0 Å². The van der Waals surface area contributed by atoms with Gasteiger partial charge in [0.15, 0.2) is 0 Å². The Morgan fingerprint density at radius 2 is 1.76 bits per heavy atom. The molecule has 1 saturated heterocycles. The molecule has 0 bridgehead atoms. The van der Waals surface area contributed by atoms with Gasteiger partial charge in [0.1, 0.15) is 5.82 Å². The quantitative estimate of drug-likeness (QED) is 0.571. The maximum Gasteiger partial charge on any atom is 0.112 e. The number of aromatic amines is 1. The first-order chi connectivity index (χ1) is 12.3. The summed E-state index contributed by atoms with van der Waals surface area (Å²) in [7, 11) is 0. The van der Waals surface area contributed by atoms with Gasteiger partial charge in [-0.2, -0.15) is 0 Å². The molecule has 3 heterocycles. The highest BCUT2D eigenvalue weighted by molar-refractivity contribution is 7.15. The molecule has 124 valence electrons. The van der Waals surface area contributed by atoms with Crippen molar-refractivity contribution >= 4 is 22.4 Å². The molecule has 0 radical (unpaired) electrons. The van der Waals surface area contributed by atoms with Crippen LogP contribution in [-0.2, 0) is 6.54 Å². The third kappa shape index (κ3) is 2.88. The lowest BCUT2D eigenvalue weighted by Gasteiger charge is -2.37. The van der Waals surface area contributed by atoms with Crippen LogP contribution in [0.1, 0.15) is 16.6 Å². The van der Waals surface area contributed by atoms with Crippen molar-refractivity contribution in [2.75, 3.05) is 13.1 Å². The number of para-hydroxylation sites is 2. The van der Waals surface area contributed by atoms with Gasteiger partial charge in [0, 0.05) is 35.3 Å². The Hall–Kier alpha value is -2.43. The Morgan fingerprint density at radius 3 is 2.60 bits per heavy atom. The molecule has 3 nitrogen and oxygen atoms in total. The van der Waals surface area contributed by atoms with E-state index >= 15 is 0 Å². The lowest BCUT2D eigenvalue weighted by molar-refractivity contribution is 0.137. The number of imidazole rings is 1. The summed E-state index contributed by atoms with van der Waals surface area (Å²) in [6.45, 7) is 3.20. The highest BCUT2D eigenvalue weighted by Gasteiger charge is 2.30. The van der Waals surface area contributed by atoms with Crippen molar-refractivity contribution < 1.29 is 0 Å². The smallest absolute Gasteiger partial charge is 0.112 e. The van der Waals surface area contributed by atoms with Crippen molar-refractivity contribution in [3.63, 3.8) is 0 Å². The summed E-state index contributed by atoms with van der Waals surface area (Å²) in [6, 6.07) is 23.4. The van der Waals surface area contributed by atoms with Crippen LogP contribution in [0.5, 0.6) is 0 Å². The minimum absolute atomic E-state index is 0.529. The Bertz CT molecular complexity index is 963. The highest BCUT2D eigenvalue weighted by atomic mass is 32.1. The zero-order valence-electron chi connectivity index (χ0n) is 13.9. The SMILES string of the molecule is c1ccc(-c2ccc(CN3CC(c4nc5ccccc5[nH]4)C3)s2)cc1. The molecule has 0 saturated carbocycles. The van der Waals surface area contributed by atoms with Gasteiger partial charge in [-0.1, -0.05) is 42.5 Å². The van der Waals surface area contributed by atoms with Gasteiger partial charge in [0.2, 0.25) is 0 Å². The van der Waals surface area contributed by atoms with Gasteiger partial charge in [-0.3, -0.25) is 4.90 Å². The largest absolute Gasteiger partial charge is 0.342 e. The second-order valence-corrected chi connectivity index (χ2v) is 7.83. The molecule has 1 fully saturated rings. The van der Waals surface area contributed by atoms with E-state index in [1.54, 1.807) is 0 Å². The summed E-state index contributed by atoms with van der Waals surface area (Å²) in [5.41, 5.74) is 3.52. The number of fused-ring (bicyclic) bond motifs is 1. The third-order valence-electron chi connectivity index (χ3n) is 4.85. The van der Waals surface area contributed by atoms with E-state index in [0.717, 1.165) is 36.5 Å². The van der Waals surface area contributed by atoms with Gasteiger partial charge in [-0.25, -0.2) is 4.98 Å². The van der Waals surface area contributed by atoms with Crippen LogP contribution in [0.25, 0.3) is 21.5 Å². The average molecular weight is 345 g/mol. The average Bonchev–Trinajstić information content (AvgIpc) is 3.25. The maximum absolute atomic E-state index is 4.74. The number of hydrogen-bond donors (Lipinski definition) is 1. The Balaban J connectivity index is 1.23. The van der Waals surface area contributed by atoms with Crippen LogP contribution in [0.2, 0.25) is 0 Å². The van der Waals surface area contributed by atoms with E-state index in [-0.39, 0.29) is 0 Å². The topological polar surface area (TPSA) is 31.9 Å². The second kappa shape index (κ2) is 6.14. The zero-order valence-corrected chi connectivity index (χ0v) is 14.7. The van der Waals surface area contributed by atoms with Crippen molar-refractivity contribution in [1.29, 1.82) is 0 Å². The van der Waals surface area contributed by atoms with Gasteiger partial charge < -0.3 is 4.98 Å². The molecule has 1 aliphatic heterocycles. The number of hydrogen-bond acceptors (Lipinski definition) is 3. The molecular formula is C21H19N3S. The number of aromatic nitrogens is 2. The number of rotatable bonds is 4. The van der Waals surface area contributed by atoms with Gasteiger partial charge in [-0.15, -0.1) is 11.3 Å². The molecule has 0 spiro atoms. The van der Waals surface area contributed by atoms with Crippen LogP contribution in [0.4, 0.5) is 0 Å². The monoisotopic (exact) mass is 345 g/mol. The van der Waals surface area contributed by atoms with Crippen molar-refractivity contribution in [3.05, 3.63) is 77.4 Å². The van der Waals surface area contributed by atoms with E-state index in [1.807, 2.05) is 17.4 Å². The molecule has 25 heavy (non-hydrogen) atoms. The van der Waals surface area contributed by atoms with E-state index in [1.165, 1.54) is 15.3 Å². The summed E-state index contributed by atoms with van der Waals surface area (Å²) in [6.07, 6.45) is 0. The number of likely N-dealkylation sites (tertiary alicyclic amines) is 1. The summed E-state index contributed by atoms with van der Waals surface area (Å²) >= 11 is 1.90. The van der Waals surface area contributed by atoms with Crippen molar-refractivity contribution in [2.24, 2.45) is 0 Å². The highest BCUT2D eigenvalue weighted by Crippen LogP contribution is 2.32. The van der Waals surface area contributed by atoms with E-state index in [9.17, 15) is 0 Å². The van der Waals surface area contributed by atoms with Crippen LogP contribution in [0.15, 0.2) is 66.7 Å². The number of benzene rings is 2. The molecule has 0 unspecified atom stereocenters. The minimum atomic E-state index is 0.529. The molecule has 1 N–H and O–H groups in total. The van der Waals surface area contributed by atoms with Crippen LogP contribution >= 0.6 is 11.3 Å². The molecule has 5 rings (SSSR count). The Labute approximate surface area is 151 Å². The number of thiophene rings is 1. The van der Waals surface area contributed by atoms with Crippen LogP contribution in [-0.4, -0.2) is 28.0 Å². The number of nitrogens with zero attached hydrogens (tertiary/aromatic N) is 2. The maximum atomic E-state index is 4.74. The zero-order chi connectivity index (χ0) is 16.6. The van der Waals surface area contributed by atoms with E-state index in [0.29, 0.717) is 5.92 Å². The van der Waals surface area contributed by atoms with Gasteiger partial charge >= 0.3 is 0 Å². The first-order valence-electron chi connectivity index (χ1n) is 8.66. The molecule has 0 atom stereocenters. The first kappa shape index (κ1) is 14.9. The molecule has 4 heteroatoms. The summed E-state index contributed by atoms with van der Waals surface area (Å²) in [5.74, 6) is 1.66. The molecule has 2 aromatic carbocycles. The summed E-state index contributed by atoms with van der Waals surface area (Å²) in [5, 5.41) is 0. The van der Waals surface area contributed by atoms with Gasteiger partial charge in [-0.05, 0) is 29.8 Å². The molecule has 0 amide bonds. The lowest BCUT2D eigenvalue weighted by Crippen LogP contribution is -2.44. The van der Waals surface area contributed by atoms with Crippen LogP contribution < -0.4 is 0 Å². The van der Waals surface area contributed by atoms with Crippen molar-refractivity contribution in [2.45, 2.75) is 12.5 Å². The Morgan fingerprint density at radius 1 is 0.960 bits per heavy atom. The molecule has 1 aliphatic rings. The Kier molecular flexibility index (Phi) is 3.65. The predicted octanol–water partition coefficient (Wildman–Crippen LogP) is 4.89. The second-order valence-electron chi connectivity index (χ2n) is 6.66. The van der Waals surface area contributed by atoms with E-state index in [4.69, 9.17) is 4.98 Å². The van der Waals surface area contributed by atoms with Crippen molar-refractivity contribution in [3.8, 4) is 10.4 Å². The van der Waals surface area contributed by atoms with Crippen molar-refractivity contribution in [1.82, 2.24) is 14.9 Å². The summed E-state index contributed by atoms with van der Waals surface area (Å²) < 4.78 is 0. The van der Waals surface area contributed by atoms with Gasteiger partial charge in [0.05, 0.1) is 11.0 Å². The van der Waals surface area contributed by atoms with Gasteiger partial charge in [0.25, 0.3) is 0 Å². The normalized spacial score (nSPS) is 15.5. The standard InChI is InChI=1S/C21H19N3S/c1-2-6-15(7-3-1)20-11-10-17(25-20)14-24-12-16(13-24)21-22-18-8-4-5-9-19(18)23-21/h1-11,16H,12-14H2,(H,22,23). The fourth-order valence-electron chi connectivity index (χ4n) is 3.48. The predicted molar refractivity (Wildman–Crippen MR) is 104 cm³/mol. The van der Waals surface area contributed by atoms with Crippen LogP contribution in [0, 0.1) is 0 Å². The lowest BCUT2D eigenvalue weighted by atomic mass is 9.99. The fraction of sp³-hybridized carbons (Fsp3) is 0.190. The molecule has 2 aromatic heterocycles. The molecule has 4 aromatic rings. The van der Waals surface area contributed by atoms with Crippen LogP contribution in [0.3, 0.4) is 0 Å². The third-order valence-corrected chi connectivity index (χ3v) is 5.97. The number of nitrogens with one attached hydrogen (secondary N) is 1. The molecule has 0 aliphatic carbocycles. The summed E-state index contributed by atoms with van der Waals surface area (Å²) in [4.78, 5) is 13.5. The minimum Gasteiger partial charge on any atom is -0.342 e. The molecular weight excluding hydrogens is 326 g/mol. The van der Waals surface area contributed by atoms with E-state index in [2.05, 4.69) is 70.5 Å². The number of H-pyrrole nitrogens is 1.